The minimum atomic E-state index is -0.795. The van der Waals surface area contributed by atoms with Gasteiger partial charge < -0.3 is 15.2 Å². The van der Waals surface area contributed by atoms with Gasteiger partial charge in [-0.2, -0.15) is 0 Å². The van der Waals surface area contributed by atoms with Crippen LogP contribution in [0, 0.1) is 5.82 Å². The lowest BCUT2D eigenvalue weighted by Crippen LogP contribution is -2.40. The van der Waals surface area contributed by atoms with Crippen molar-refractivity contribution < 1.29 is 19.0 Å². The average Bonchev–Trinajstić information content (AvgIpc) is 2.27. The molecule has 0 aromatic heterocycles. The fourth-order valence-electron chi connectivity index (χ4n) is 1.60. The van der Waals surface area contributed by atoms with E-state index in [1.54, 1.807) is 13.8 Å². The van der Waals surface area contributed by atoms with Crippen LogP contribution < -0.4 is 10.1 Å². The number of nitrogens with one attached hydrogen (secondary N) is 1. The maximum absolute atomic E-state index is 13.2. The zero-order chi connectivity index (χ0) is 14.6. The molecule has 0 heterocycles. The van der Waals surface area contributed by atoms with Crippen LogP contribution >= 0.6 is 0 Å². The Labute approximate surface area is 112 Å². The van der Waals surface area contributed by atoms with Crippen LogP contribution in [0.25, 0.3) is 0 Å². The Bertz CT molecular complexity index is 446. The lowest BCUT2D eigenvalue weighted by Gasteiger charge is -2.19. The van der Waals surface area contributed by atoms with Crippen molar-refractivity contribution in [1.29, 1.82) is 0 Å². The minimum absolute atomic E-state index is 0.00213. The van der Waals surface area contributed by atoms with Crippen LogP contribution in [0.15, 0.2) is 18.2 Å². The van der Waals surface area contributed by atoms with E-state index in [0.717, 1.165) is 0 Å². The number of ether oxygens (including phenoxy) is 1. The Morgan fingerprint density at radius 2 is 1.95 bits per heavy atom. The number of aliphatic hydroxyl groups is 1. The smallest absolute Gasteiger partial charge is 0.260 e. The van der Waals surface area contributed by atoms with Gasteiger partial charge in [-0.15, -0.1) is 0 Å². The van der Waals surface area contributed by atoms with E-state index in [1.807, 2.05) is 13.8 Å². The summed E-state index contributed by atoms with van der Waals surface area (Å²) in [7, 11) is 0. The van der Waals surface area contributed by atoms with E-state index in [9.17, 15) is 14.3 Å². The maximum Gasteiger partial charge on any atom is 0.260 e. The number of rotatable bonds is 5. The number of carbonyl (C=O) groups excluding carboxylic acids is 1. The molecule has 0 saturated carbocycles. The number of hydrogen-bond donors (Lipinski definition) is 2. The zero-order valence-corrected chi connectivity index (χ0v) is 11.6. The predicted molar refractivity (Wildman–Crippen MR) is 70.4 cm³/mol. The SMILES string of the molecule is CC(C)NC(=O)C(C)Oc1cc(F)ccc1C(C)O. The van der Waals surface area contributed by atoms with Crippen LogP contribution in [-0.2, 0) is 4.79 Å². The van der Waals surface area contributed by atoms with Crippen LogP contribution in [0.1, 0.15) is 39.4 Å². The van der Waals surface area contributed by atoms with Gasteiger partial charge in [0.25, 0.3) is 5.91 Å². The summed E-state index contributed by atoms with van der Waals surface area (Å²) in [6.07, 6.45) is -1.56. The number of carbonyl (C=O) groups is 1. The molecule has 2 unspecified atom stereocenters. The fourth-order valence-corrected chi connectivity index (χ4v) is 1.60. The van der Waals surface area contributed by atoms with Crippen LogP contribution in [0.4, 0.5) is 4.39 Å². The summed E-state index contributed by atoms with van der Waals surface area (Å²) < 4.78 is 18.6. The largest absolute Gasteiger partial charge is 0.480 e. The lowest BCUT2D eigenvalue weighted by molar-refractivity contribution is -0.127. The molecule has 1 rings (SSSR count). The number of halogens is 1. The molecule has 5 heteroatoms. The first kappa shape index (κ1) is 15.4. The molecule has 0 spiro atoms. The molecular weight excluding hydrogens is 249 g/mol. The second-order valence-electron chi connectivity index (χ2n) is 4.78. The van der Waals surface area contributed by atoms with Gasteiger partial charge >= 0.3 is 0 Å². The summed E-state index contributed by atoms with van der Waals surface area (Å²) in [5.41, 5.74) is 0.450. The summed E-state index contributed by atoms with van der Waals surface area (Å²) in [5, 5.41) is 12.3. The summed E-state index contributed by atoms with van der Waals surface area (Å²) >= 11 is 0. The summed E-state index contributed by atoms with van der Waals surface area (Å²) in [4.78, 5) is 11.7. The molecule has 0 bridgehead atoms. The maximum atomic E-state index is 13.2. The molecule has 2 atom stereocenters. The third-order valence-electron chi connectivity index (χ3n) is 2.53. The molecule has 1 aromatic carbocycles. The molecule has 106 valence electrons. The van der Waals surface area contributed by atoms with E-state index in [-0.39, 0.29) is 17.7 Å². The first-order valence-electron chi connectivity index (χ1n) is 6.25. The highest BCUT2D eigenvalue weighted by molar-refractivity contribution is 5.80. The molecule has 2 N–H and O–H groups in total. The lowest BCUT2D eigenvalue weighted by atomic mass is 10.1. The van der Waals surface area contributed by atoms with Crippen molar-refractivity contribution in [3.05, 3.63) is 29.6 Å². The monoisotopic (exact) mass is 269 g/mol. The minimum Gasteiger partial charge on any atom is -0.480 e. The zero-order valence-electron chi connectivity index (χ0n) is 11.6. The van der Waals surface area contributed by atoms with Gasteiger partial charge in [-0.25, -0.2) is 4.39 Å². The Balaban J connectivity index is 2.86. The Morgan fingerprint density at radius 3 is 2.47 bits per heavy atom. The first-order valence-corrected chi connectivity index (χ1v) is 6.25. The van der Waals surface area contributed by atoms with E-state index >= 15 is 0 Å². The standard InChI is InChI=1S/C14H20FNO3/c1-8(2)16-14(18)10(4)19-13-7-11(15)5-6-12(13)9(3)17/h5-10,17H,1-4H3,(H,16,18). The Kier molecular flexibility index (Phi) is 5.30. The number of hydrogen-bond acceptors (Lipinski definition) is 3. The van der Waals surface area contributed by atoms with E-state index in [1.165, 1.54) is 18.2 Å². The van der Waals surface area contributed by atoms with Gasteiger partial charge in [0, 0.05) is 17.7 Å². The molecule has 1 amide bonds. The molecule has 0 saturated heterocycles. The van der Waals surface area contributed by atoms with Crippen LogP contribution in [0.3, 0.4) is 0 Å². The topological polar surface area (TPSA) is 58.6 Å². The van der Waals surface area contributed by atoms with Crippen LogP contribution in [-0.4, -0.2) is 23.2 Å². The molecule has 0 fully saturated rings. The van der Waals surface area contributed by atoms with Gasteiger partial charge in [0.05, 0.1) is 6.10 Å². The molecular formula is C14H20FNO3. The third-order valence-corrected chi connectivity index (χ3v) is 2.53. The molecule has 0 aliphatic rings. The van der Waals surface area contributed by atoms with Gasteiger partial charge in [-0.3, -0.25) is 4.79 Å². The summed E-state index contributed by atoms with van der Waals surface area (Å²) in [6.45, 7) is 6.81. The van der Waals surface area contributed by atoms with Gasteiger partial charge in [0.2, 0.25) is 0 Å². The van der Waals surface area contributed by atoms with Crippen molar-refractivity contribution in [2.75, 3.05) is 0 Å². The van der Waals surface area contributed by atoms with Crippen molar-refractivity contribution in [3.8, 4) is 5.75 Å². The highest BCUT2D eigenvalue weighted by atomic mass is 19.1. The average molecular weight is 269 g/mol. The number of amides is 1. The summed E-state index contributed by atoms with van der Waals surface area (Å²) in [5.74, 6) is -0.576. The van der Waals surface area contributed by atoms with Crippen molar-refractivity contribution in [1.82, 2.24) is 5.32 Å². The molecule has 0 aliphatic heterocycles. The van der Waals surface area contributed by atoms with Crippen molar-refractivity contribution in [2.45, 2.75) is 45.9 Å². The van der Waals surface area contributed by atoms with Gasteiger partial charge in [-0.05, 0) is 39.8 Å². The normalized spacial score (nSPS) is 14.1. The van der Waals surface area contributed by atoms with Crippen LogP contribution in [0.2, 0.25) is 0 Å². The second-order valence-corrected chi connectivity index (χ2v) is 4.78. The van der Waals surface area contributed by atoms with Gasteiger partial charge in [-0.1, -0.05) is 0 Å². The van der Waals surface area contributed by atoms with Crippen molar-refractivity contribution in [3.63, 3.8) is 0 Å². The highest BCUT2D eigenvalue weighted by Crippen LogP contribution is 2.26. The highest BCUT2D eigenvalue weighted by Gasteiger charge is 2.18. The van der Waals surface area contributed by atoms with Crippen molar-refractivity contribution >= 4 is 5.91 Å². The van der Waals surface area contributed by atoms with E-state index in [2.05, 4.69) is 5.32 Å². The summed E-state index contributed by atoms with van der Waals surface area (Å²) in [6, 6.07) is 3.86. The van der Waals surface area contributed by atoms with Crippen molar-refractivity contribution in [2.24, 2.45) is 0 Å². The number of aliphatic hydroxyl groups excluding tert-OH is 1. The first-order chi connectivity index (χ1) is 8.81. The molecule has 0 aliphatic carbocycles. The van der Waals surface area contributed by atoms with Gasteiger partial charge in [0.15, 0.2) is 6.10 Å². The molecule has 0 radical (unpaired) electrons. The fraction of sp³-hybridized carbons (Fsp3) is 0.500. The Morgan fingerprint density at radius 1 is 1.32 bits per heavy atom. The molecule has 19 heavy (non-hydrogen) atoms. The Hall–Kier alpha value is -1.62. The second kappa shape index (κ2) is 6.52. The third kappa shape index (κ3) is 4.52. The van der Waals surface area contributed by atoms with Crippen LogP contribution in [0.5, 0.6) is 5.75 Å². The quantitative estimate of drug-likeness (QED) is 0.861. The molecule has 4 nitrogen and oxygen atoms in total. The van der Waals surface area contributed by atoms with E-state index in [0.29, 0.717) is 5.56 Å². The predicted octanol–water partition coefficient (Wildman–Crippen LogP) is 2.17. The van der Waals surface area contributed by atoms with E-state index < -0.39 is 18.0 Å². The van der Waals surface area contributed by atoms with Gasteiger partial charge in [0.1, 0.15) is 11.6 Å². The number of benzene rings is 1. The molecule has 1 aromatic rings. The van der Waals surface area contributed by atoms with E-state index in [4.69, 9.17) is 4.74 Å².